The van der Waals surface area contributed by atoms with Crippen molar-refractivity contribution in [2.75, 3.05) is 23.3 Å². The highest BCUT2D eigenvalue weighted by atomic mass is 16.2. The molecular weight excluding hydrogens is 414 g/mol. The Balaban J connectivity index is 1.74. The number of anilines is 2. The number of rotatable bonds is 5. The molecule has 2 aliphatic heterocycles. The standard InChI is InChI=1S/C27H31N3O3/c1-17(2)20-7-11-23(12-8-20)30-26(32)24(21-5-9-22(10-6-21)28-19(4)31)25(27(30)33)29-15-13-18(3)14-16-29/h5-12,17-18H,13-16H2,1-4H3,(H,28,31). The van der Waals surface area contributed by atoms with Gasteiger partial charge < -0.3 is 10.2 Å². The molecule has 2 aliphatic rings. The van der Waals surface area contributed by atoms with Crippen molar-refractivity contribution in [3.05, 3.63) is 65.4 Å². The van der Waals surface area contributed by atoms with Gasteiger partial charge in [-0.05, 0) is 60.1 Å². The molecule has 4 rings (SSSR count). The maximum absolute atomic E-state index is 13.7. The van der Waals surface area contributed by atoms with Crippen molar-refractivity contribution >= 4 is 34.7 Å². The molecule has 1 saturated heterocycles. The molecule has 0 spiro atoms. The van der Waals surface area contributed by atoms with Gasteiger partial charge in [0.1, 0.15) is 5.70 Å². The predicted octanol–water partition coefficient (Wildman–Crippen LogP) is 4.78. The zero-order valence-electron chi connectivity index (χ0n) is 19.7. The van der Waals surface area contributed by atoms with E-state index in [1.807, 2.05) is 24.3 Å². The number of hydrogen-bond donors (Lipinski definition) is 1. The van der Waals surface area contributed by atoms with Gasteiger partial charge in [-0.25, -0.2) is 4.90 Å². The number of amides is 3. The van der Waals surface area contributed by atoms with Crippen molar-refractivity contribution < 1.29 is 14.4 Å². The summed E-state index contributed by atoms with van der Waals surface area (Å²) in [7, 11) is 0. The van der Waals surface area contributed by atoms with Crippen LogP contribution in [0.1, 0.15) is 57.6 Å². The average Bonchev–Trinajstić information content (AvgIpc) is 3.04. The fourth-order valence-corrected chi connectivity index (χ4v) is 4.47. The molecule has 2 aromatic rings. The van der Waals surface area contributed by atoms with E-state index in [0.29, 0.717) is 40.0 Å². The van der Waals surface area contributed by atoms with Crippen molar-refractivity contribution in [3.63, 3.8) is 0 Å². The van der Waals surface area contributed by atoms with Gasteiger partial charge in [0.05, 0.1) is 11.3 Å². The van der Waals surface area contributed by atoms with Gasteiger partial charge in [0, 0.05) is 25.7 Å². The third-order valence-electron chi connectivity index (χ3n) is 6.47. The fourth-order valence-electron chi connectivity index (χ4n) is 4.47. The van der Waals surface area contributed by atoms with Crippen LogP contribution in [-0.2, 0) is 14.4 Å². The molecule has 6 heteroatoms. The summed E-state index contributed by atoms with van der Waals surface area (Å²) in [6.45, 7) is 9.40. The van der Waals surface area contributed by atoms with Gasteiger partial charge in [-0.15, -0.1) is 0 Å². The Hall–Kier alpha value is -3.41. The summed E-state index contributed by atoms with van der Waals surface area (Å²) in [5.74, 6) is 0.235. The van der Waals surface area contributed by atoms with Crippen LogP contribution in [0.2, 0.25) is 0 Å². The van der Waals surface area contributed by atoms with Crippen LogP contribution in [-0.4, -0.2) is 35.7 Å². The normalized spacial score (nSPS) is 17.4. The Kier molecular flexibility index (Phi) is 6.36. The van der Waals surface area contributed by atoms with Crippen molar-refractivity contribution in [2.45, 2.75) is 46.5 Å². The van der Waals surface area contributed by atoms with Crippen LogP contribution < -0.4 is 10.2 Å². The van der Waals surface area contributed by atoms with E-state index >= 15 is 0 Å². The summed E-state index contributed by atoms with van der Waals surface area (Å²) >= 11 is 0. The summed E-state index contributed by atoms with van der Waals surface area (Å²) in [6, 6.07) is 14.8. The van der Waals surface area contributed by atoms with E-state index in [2.05, 4.69) is 31.0 Å². The van der Waals surface area contributed by atoms with Crippen LogP contribution in [0.15, 0.2) is 54.2 Å². The minimum absolute atomic E-state index is 0.159. The second-order valence-corrected chi connectivity index (χ2v) is 9.34. The topological polar surface area (TPSA) is 69.7 Å². The molecule has 3 amide bonds. The van der Waals surface area contributed by atoms with E-state index < -0.39 is 0 Å². The number of likely N-dealkylation sites (tertiary alicyclic amines) is 1. The summed E-state index contributed by atoms with van der Waals surface area (Å²) < 4.78 is 0. The molecule has 0 atom stereocenters. The Morgan fingerprint density at radius 3 is 2.09 bits per heavy atom. The van der Waals surface area contributed by atoms with Crippen LogP contribution in [0.25, 0.3) is 5.57 Å². The second-order valence-electron chi connectivity index (χ2n) is 9.34. The van der Waals surface area contributed by atoms with Crippen LogP contribution >= 0.6 is 0 Å². The SMILES string of the molecule is CC(=O)Nc1ccc(C2=C(N3CCC(C)CC3)C(=O)N(c3ccc(C(C)C)cc3)C2=O)cc1. The van der Waals surface area contributed by atoms with E-state index in [-0.39, 0.29) is 17.7 Å². The highest BCUT2D eigenvalue weighted by molar-refractivity contribution is 6.45. The van der Waals surface area contributed by atoms with Gasteiger partial charge in [-0.2, -0.15) is 0 Å². The van der Waals surface area contributed by atoms with E-state index in [9.17, 15) is 14.4 Å². The van der Waals surface area contributed by atoms with Gasteiger partial charge in [0.15, 0.2) is 0 Å². The largest absolute Gasteiger partial charge is 0.366 e. The Morgan fingerprint density at radius 1 is 0.939 bits per heavy atom. The van der Waals surface area contributed by atoms with E-state index in [4.69, 9.17) is 0 Å². The summed E-state index contributed by atoms with van der Waals surface area (Å²) in [5, 5.41) is 2.74. The maximum atomic E-state index is 13.7. The molecule has 0 saturated carbocycles. The summed E-state index contributed by atoms with van der Waals surface area (Å²) in [4.78, 5) is 42.1. The predicted molar refractivity (Wildman–Crippen MR) is 131 cm³/mol. The lowest BCUT2D eigenvalue weighted by Crippen LogP contribution is -2.38. The van der Waals surface area contributed by atoms with Crippen LogP contribution in [0, 0.1) is 5.92 Å². The molecule has 1 N–H and O–H groups in total. The summed E-state index contributed by atoms with van der Waals surface area (Å²) in [6.07, 6.45) is 1.98. The third-order valence-corrected chi connectivity index (χ3v) is 6.47. The number of nitrogens with zero attached hydrogens (tertiary/aromatic N) is 2. The van der Waals surface area contributed by atoms with Crippen LogP contribution in [0.3, 0.4) is 0 Å². The first-order valence-corrected chi connectivity index (χ1v) is 11.6. The molecule has 2 aromatic carbocycles. The molecule has 172 valence electrons. The van der Waals surface area contributed by atoms with E-state index in [1.165, 1.54) is 11.8 Å². The second kappa shape index (κ2) is 9.22. The zero-order valence-corrected chi connectivity index (χ0v) is 19.7. The highest BCUT2D eigenvalue weighted by Crippen LogP contribution is 2.37. The van der Waals surface area contributed by atoms with Crippen LogP contribution in [0.4, 0.5) is 11.4 Å². The lowest BCUT2D eigenvalue weighted by molar-refractivity contribution is -0.121. The molecule has 0 radical (unpaired) electrons. The average molecular weight is 446 g/mol. The number of imide groups is 1. The molecule has 0 unspecified atom stereocenters. The first-order valence-electron chi connectivity index (χ1n) is 11.6. The molecule has 0 aromatic heterocycles. The first-order chi connectivity index (χ1) is 15.8. The lowest BCUT2D eigenvalue weighted by atomic mass is 9.97. The zero-order chi connectivity index (χ0) is 23.7. The minimum atomic E-state index is -0.307. The van der Waals surface area contributed by atoms with Crippen LogP contribution in [0.5, 0.6) is 0 Å². The maximum Gasteiger partial charge on any atom is 0.282 e. The van der Waals surface area contributed by atoms with Crippen molar-refractivity contribution in [1.29, 1.82) is 0 Å². The number of piperidine rings is 1. The molecule has 1 fully saturated rings. The smallest absolute Gasteiger partial charge is 0.282 e. The molecular formula is C27H31N3O3. The third kappa shape index (κ3) is 4.56. The van der Waals surface area contributed by atoms with Gasteiger partial charge in [-0.1, -0.05) is 45.0 Å². The van der Waals surface area contributed by atoms with Gasteiger partial charge in [0.2, 0.25) is 5.91 Å². The molecule has 33 heavy (non-hydrogen) atoms. The summed E-state index contributed by atoms with van der Waals surface area (Å²) in [5.41, 5.74) is 3.98. The van der Waals surface area contributed by atoms with Gasteiger partial charge in [-0.3, -0.25) is 14.4 Å². The monoisotopic (exact) mass is 445 g/mol. The number of benzene rings is 2. The Morgan fingerprint density at radius 2 is 1.55 bits per heavy atom. The van der Waals surface area contributed by atoms with Gasteiger partial charge in [0.25, 0.3) is 11.8 Å². The van der Waals surface area contributed by atoms with Crippen molar-refractivity contribution in [1.82, 2.24) is 4.90 Å². The highest BCUT2D eigenvalue weighted by Gasteiger charge is 2.43. The van der Waals surface area contributed by atoms with Crippen molar-refractivity contribution in [3.8, 4) is 0 Å². The quantitative estimate of drug-likeness (QED) is 0.672. The number of carbonyl (C=O) groups is 3. The Bertz CT molecular complexity index is 1090. The van der Waals surface area contributed by atoms with E-state index in [0.717, 1.165) is 31.5 Å². The Labute approximate surface area is 195 Å². The molecule has 2 heterocycles. The molecule has 0 bridgehead atoms. The van der Waals surface area contributed by atoms with E-state index in [1.54, 1.807) is 24.3 Å². The minimum Gasteiger partial charge on any atom is -0.366 e. The van der Waals surface area contributed by atoms with Crippen molar-refractivity contribution in [2.24, 2.45) is 5.92 Å². The number of nitrogens with one attached hydrogen (secondary N) is 1. The first kappa shape index (κ1) is 22.8. The van der Waals surface area contributed by atoms with Gasteiger partial charge >= 0.3 is 0 Å². The number of carbonyl (C=O) groups excluding carboxylic acids is 3. The number of hydrogen-bond acceptors (Lipinski definition) is 4. The fraction of sp³-hybridized carbons (Fsp3) is 0.370. The lowest BCUT2D eigenvalue weighted by Gasteiger charge is -2.32. The molecule has 0 aliphatic carbocycles. The molecule has 6 nitrogen and oxygen atoms in total.